The molecule has 1 heterocycles. The molecule has 0 bridgehead atoms. The van der Waals surface area contributed by atoms with Gasteiger partial charge in [0.15, 0.2) is 0 Å². The Morgan fingerprint density at radius 3 is 2.80 bits per heavy atom. The standard InChI is InChI=1S/C15H17BrO4/c1-4-19-14(17)12-8-10-7-11(16)5-6-13(10)20-15(12,18)9(2)3/h5-9,18H,4H2,1-3H3. The number of aliphatic hydroxyl groups is 1. The van der Waals surface area contributed by atoms with Gasteiger partial charge in [0.05, 0.1) is 6.61 Å². The van der Waals surface area contributed by atoms with Gasteiger partial charge in [-0.05, 0) is 31.2 Å². The summed E-state index contributed by atoms with van der Waals surface area (Å²) in [6.07, 6.45) is 1.63. The molecule has 2 rings (SSSR count). The lowest BCUT2D eigenvalue weighted by Gasteiger charge is -2.37. The van der Waals surface area contributed by atoms with Gasteiger partial charge in [-0.1, -0.05) is 29.8 Å². The Morgan fingerprint density at radius 1 is 1.50 bits per heavy atom. The fraction of sp³-hybridized carbons (Fsp3) is 0.400. The van der Waals surface area contributed by atoms with Crippen LogP contribution in [0.1, 0.15) is 26.3 Å². The monoisotopic (exact) mass is 340 g/mol. The van der Waals surface area contributed by atoms with Crippen LogP contribution in [0.2, 0.25) is 0 Å². The lowest BCUT2D eigenvalue weighted by molar-refractivity contribution is -0.163. The van der Waals surface area contributed by atoms with Crippen LogP contribution in [0.4, 0.5) is 0 Å². The first-order valence-electron chi connectivity index (χ1n) is 6.48. The van der Waals surface area contributed by atoms with Gasteiger partial charge < -0.3 is 14.6 Å². The first-order valence-corrected chi connectivity index (χ1v) is 7.28. The fourth-order valence-corrected chi connectivity index (χ4v) is 2.43. The Balaban J connectivity index is 2.54. The molecule has 0 amide bonds. The van der Waals surface area contributed by atoms with E-state index in [0.717, 1.165) is 10.0 Å². The van der Waals surface area contributed by atoms with Gasteiger partial charge in [-0.25, -0.2) is 4.79 Å². The molecule has 1 unspecified atom stereocenters. The van der Waals surface area contributed by atoms with E-state index in [1.165, 1.54) is 0 Å². The minimum Gasteiger partial charge on any atom is -0.462 e. The SMILES string of the molecule is CCOC(=O)C1=Cc2cc(Br)ccc2OC1(O)C(C)C. The zero-order chi connectivity index (χ0) is 14.9. The molecule has 0 saturated carbocycles. The second-order valence-electron chi connectivity index (χ2n) is 4.91. The van der Waals surface area contributed by atoms with Crippen molar-refractivity contribution in [2.24, 2.45) is 5.92 Å². The van der Waals surface area contributed by atoms with E-state index in [1.807, 2.05) is 12.1 Å². The van der Waals surface area contributed by atoms with Crippen LogP contribution < -0.4 is 4.74 Å². The molecule has 1 aliphatic heterocycles. The molecule has 1 N–H and O–H groups in total. The van der Waals surface area contributed by atoms with Gasteiger partial charge in [0.1, 0.15) is 11.3 Å². The summed E-state index contributed by atoms with van der Waals surface area (Å²) in [6, 6.07) is 5.41. The normalized spacial score (nSPS) is 21.0. The van der Waals surface area contributed by atoms with Gasteiger partial charge in [-0.3, -0.25) is 0 Å². The number of fused-ring (bicyclic) bond motifs is 1. The third-order valence-corrected chi connectivity index (χ3v) is 3.69. The van der Waals surface area contributed by atoms with E-state index in [4.69, 9.17) is 9.47 Å². The first-order chi connectivity index (χ1) is 9.38. The molecule has 0 radical (unpaired) electrons. The molecular weight excluding hydrogens is 324 g/mol. The fourth-order valence-electron chi connectivity index (χ4n) is 2.05. The van der Waals surface area contributed by atoms with Gasteiger partial charge in [-0.2, -0.15) is 0 Å². The zero-order valence-electron chi connectivity index (χ0n) is 11.6. The second-order valence-corrected chi connectivity index (χ2v) is 5.83. The molecular formula is C15H17BrO4. The lowest BCUT2D eigenvalue weighted by atomic mass is 9.90. The van der Waals surface area contributed by atoms with Gasteiger partial charge in [0.25, 0.3) is 0 Å². The summed E-state index contributed by atoms with van der Waals surface area (Å²) >= 11 is 3.37. The van der Waals surface area contributed by atoms with Crippen molar-refractivity contribution in [1.82, 2.24) is 0 Å². The van der Waals surface area contributed by atoms with E-state index in [1.54, 1.807) is 32.9 Å². The van der Waals surface area contributed by atoms with Crippen LogP contribution in [-0.4, -0.2) is 23.5 Å². The summed E-state index contributed by atoms with van der Waals surface area (Å²) in [5.41, 5.74) is 0.854. The molecule has 20 heavy (non-hydrogen) atoms. The summed E-state index contributed by atoms with van der Waals surface area (Å²) in [5.74, 6) is -1.99. The Hall–Kier alpha value is -1.33. The van der Waals surface area contributed by atoms with Crippen molar-refractivity contribution in [2.75, 3.05) is 6.61 Å². The number of halogens is 1. The van der Waals surface area contributed by atoms with Gasteiger partial charge >= 0.3 is 5.97 Å². The number of ether oxygens (including phenoxy) is 2. The smallest absolute Gasteiger partial charge is 0.340 e. The largest absolute Gasteiger partial charge is 0.462 e. The summed E-state index contributed by atoms with van der Waals surface area (Å²) in [6.45, 7) is 5.55. The van der Waals surface area contributed by atoms with Crippen molar-refractivity contribution in [2.45, 2.75) is 26.6 Å². The zero-order valence-corrected chi connectivity index (χ0v) is 13.2. The number of carbonyl (C=O) groups excluding carboxylic acids is 1. The van der Waals surface area contributed by atoms with Crippen LogP contribution in [0.5, 0.6) is 5.75 Å². The number of hydrogen-bond acceptors (Lipinski definition) is 4. The highest BCUT2D eigenvalue weighted by Crippen LogP contribution is 2.39. The molecule has 1 atom stereocenters. The quantitative estimate of drug-likeness (QED) is 0.859. The first kappa shape index (κ1) is 15.1. The van der Waals surface area contributed by atoms with Crippen molar-refractivity contribution < 1.29 is 19.4 Å². The molecule has 0 saturated heterocycles. The molecule has 5 heteroatoms. The van der Waals surface area contributed by atoms with Crippen LogP contribution in [0.15, 0.2) is 28.2 Å². The number of hydrogen-bond donors (Lipinski definition) is 1. The van der Waals surface area contributed by atoms with Crippen LogP contribution in [0, 0.1) is 5.92 Å². The summed E-state index contributed by atoms with van der Waals surface area (Å²) < 4.78 is 11.6. The van der Waals surface area contributed by atoms with Gasteiger partial charge in [0.2, 0.25) is 5.79 Å². The maximum absolute atomic E-state index is 12.1. The van der Waals surface area contributed by atoms with E-state index in [9.17, 15) is 9.90 Å². The molecule has 0 spiro atoms. The maximum atomic E-state index is 12.1. The molecule has 1 aliphatic rings. The average molecular weight is 341 g/mol. The lowest BCUT2D eigenvalue weighted by Crippen LogP contribution is -2.47. The summed E-state index contributed by atoms with van der Waals surface area (Å²) in [7, 11) is 0. The number of carbonyl (C=O) groups is 1. The molecule has 1 aromatic carbocycles. The highest BCUT2D eigenvalue weighted by atomic mass is 79.9. The van der Waals surface area contributed by atoms with E-state index in [-0.39, 0.29) is 18.1 Å². The highest BCUT2D eigenvalue weighted by Gasteiger charge is 2.45. The molecule has 0 fully saturated rings. The minimum absolute atomic E-state index is 0.125. The van der Waals surface area contributed by atoms with Crippen molar-refractivity contribution in [3.8, 4) is 5.75 Å². The second kappa shape index (κ2) is 5.58. The third kappa shape index (κ3) is 2.60. The van der Waals surface area contributed by atoms with Crippen molar-refractivity contribution in [3.05, 3.63) is 33.8 Å². The Labute approximate surface area is 126 Å². The van der Waals surface area contributed by atoms with E-state index in [0.29, 0.717) is 5.75 Å². The summed E-state index contributed by atoms with van der Waals surface area (Å²) in [5, 5.41) is 10.7. The molecule has 108 valence electrons. The Kier molecular flexibility index (Phi) is 4.20. The number of esters is 1. The van der Waals surface area contributed by atoms with Crippen molar-refractivity contribution >= 4 is 28.0 Å². The van der Waals surface area contributed by atoms with Crippen LogP contribution in [0.3, 0.4) is 0 Å². The minimum atomic E-state index is -1.67. The van der Waals surface area contributed by atoms with E-state index >= 15 is 0 Å². The number of rotatable bonds is 3. The highest BCUT2D eigenvalue weighted by molar-refractivity contribution is 9.10. The topological polar surface area (TPSA) is 55.8 Å². The Bertz CT molecular complexity index is 565. The summed E-state index contributed by atoms with van der Waals surface area (Å²) in [4.78, 5) is 12.1. The van der Waals surface area contributed by atoms with E-state index < -0.39 is 11.8 Å². The van der Waals surface area contributed by atoms with Crippen LogP contribution in [-0.2, 0) is 9.53 Å². The predicted octanol–water partition coefficient (Wildman–Crippen LogP) is 3.13. The van der Waals surface area contributed by atoms with Crippen LogP contribution >= 0.6 is 15.9 Å². The van der Waals surface area contributed by atoms with Gasteiger partial charge in [0, 0.05) is 16.0 Å². The third-order valence-electron chi connectivity index (χ3n) is 3.20. The Morgan fingerprint density at radius 2 is 2.20 bits per heavy atom. The number of benzene rings is 1. The van der Waals surface area contributed by atoms with Crippen LogP contribution in [0.25, 0.3) is 6.08 Å². The molecule has 0 aromatic heterocycles. The van der Waals surface area contributed by atoms with E-state index in [2.05, 4.69) is 15.9 Å². The van der Waals surface area contributed by atoms with Gasteiger partial charge in [-0.15, -0.1) is 0 Å². The molecule has 0 aliphatic carbocycles. The maximum Gasteiger partial charge on any atom is 0.340 e. The van der Waals surface area contributed by atoms with Crippen molar-refractivity contribution in [1.29, 1.82) is 0 Å². The molecule has 1 aromatic rings. The average Bonchev–Trinajstić information content (AvgIpc) is 2.38. The predicted molar refractivity (Wildman–Crippen MR) is 79.2 cm³/mol. The van der Waals surface area contributed by atoms with Crippen molar-refractivity contribution in [3.63, 3.8) is 0 Å². The molecule has 4 nitrogen and oxygen atoms in total.